The van der Waals surface area contributed by atoms with Gasteiger partial charge in [0.2, 0.25) is 5.91 Å². The Balaban J connectivity index is 2.18. The summed E-state index contributed by atoms with van der Waals surface area (Å²) in [6.07, 6.45) is 5.52. The zero-order valence-corrected chi connectivity index (χ0v) is 18.8. The fourth-order valence-electron chi connectivity index (χ4n) is 3.20. The van der Waals surface area contributed by atoms with Crippen LogP contribution in [0.5, 0.6) is 5.75 Å². The Kier molecular flexibility index (Phi) is 9.59. The largest absolute Gasteiger partial charge is 0.488 e. The predicted octanol–water partition coefficient (Wildman–Crippen LogP) is 3.27. The summed E-state index contributed by atoms with van der Waals surface area (Å²) in [5.74, 6) is -0.584. The number of amides is 2. The number of hydrogen-bond acceptors (Lipinski definition) is 5. The summed E-state index contributed by atoms with van der Waals surface area (Å²) in [6, 6.07) is 4.67. The van der Waals surface area contributed by atoms with Gasteiger partial charge in [0.05, 0.1) is 12.2 Å². The molecular weight excluding hydrogens is 420 g/mol. The number of fused-ring (bicyclic) bond motifs is 1. The molecule has 0 bridgehead atoms. The van der Waals surface area contributed by atoms with Crippen molar-refractivity contribution in [3.63, 3.8) is 0 Å². The molecule has 1 aromatic rings. The third-order valence-corrected chi connectivity index (χ3v) is 5.03. The maximum Gasteiger partial charge on any atom is 0.330 e. The van der Waals surface area contributed by atoms with Crippen molar-refractivity contribution >= 4 is 35.5 Å². The highest BCUT2D eigenvalue weighted by atomic mass is 35.5. The van der Waals surface area contributed by atoms with E-state index in [1.54, 1.807) is 37.3 Å². The average Bonchev–Trinajstić information content (AvgIpc) is 2.75. The van der Waals surface area contributed by atoms with Gasteiger partial charge >= 0.3 is 5.97 Å². The molecule has 2 rings (SSSR count). The monoisotopic (exact) mass is 448 g/mol. The van der Waals surface area contributed by atoms with Crippen LogP contribution in [0.15, 0.2) is 35.9 Å². The van der Waals surface area contributed by atoms with Crippen molar-refractivity contribution in [3.8, 4) is 5.75 Å². The van der Waals surface area contributed by atoms with Gasteiger partial charge in [-0.3, -0.25) is 9.59 Å². The van der Waals surface area contributed by atoms with Gasteiger partial charge in [-0.15, -0.1) is 0 Å². The number of carbonyl (C=O) groups excluding carboxylic acids is 3. The molecule has 7 nitrogen and oxygen atoms in total. The van der Waals surface area contributed by atoms with Crippen molar-refractivity contribution in [1.29, 1.82) is 0 Å². The lowest BCUT2D eigenvalue weighted by Crippen LogP contribution is -2.40. The lowest BCUT2D eigenvalue weighted by Gasteiger charge is -2.23. The van der Waals surface area contributed by atoms with Crippen molar-refractivity contribution in [2.24, 2.45) is 5.92 Å². The number of ether oxygens (including phenoxy) is 2. The topological polar surface area (TPSA) is 93.7 Å². The normalized spacial score (nSPS) is 14.6. The second-order valence-electron chi connectivity index (χ2n) is 7.07. The van der Waals surface area contributed by atoms with E-state index in [2.05, 4.69) is 10.6 Å². The van der Waals surface area contributed by atoms with E-state index in [4.69, 9.17) is 21.1 Å². The maximum absolute atomic E-state index is 12.9. The summed E-state index contributed by atoms with van der Waals surface area (Å²) in [5.41, 5.74) is 1.15. The number of nitrogens with one attached hydrogen (secondary N) is 2. The minimum Gasteiger partial charge on any atom is -0.488 e. The molecular formula is C23H29ClN2O5. The fourth-order valence-corrected chi connectivity index (χ4v) is 3.38. The minimum absolute atomic E-state index is 0.0856. The van der Waals surface area contributed by atoms with Crippen molar-refractivity contribution in [3.05, 3.63) is 46.5 Å². The Hall–Kier alpha value is -2.80. The van der Waals surface area contributed by atoms with Crippen molar-refractivity contribution in [2.75, 3.05) is 19.8 Å². The maximum atomic E-state index is 12.9. The van der Waals surface area contributed by atoms with E-state index in [1.807, 2.05) is 13.8 Å². The van der Waals surface area contributed by atoms with Gasteiger partial charge in [-0.2, -0.15) is 0 Å². The second kappa shape index (κ2) is 12.2. The molecule has 0 fully saturated rings. The minimum atomic E-state index is -0.536. The molecule has 1 aliphatic heterocycles. The molecule has 168 valence electrons. The van der Waals surface area contributed by atoms with Gasteiger partial charge in [0, 0.05) is 35.2 Å². The third kappa shape index (κ3) is 7.43. The molecule has 2 unspecified atom stereocenters. The highest BCUT2D eigenvalue weighted by Crippen LogP contribution is 2.29. The van der Waals surface area contributed by atoms with E-state index < -0.39 is 12.0 Å². The molecule has 0 aliphatic carbocycles. The lowest BCUT2D eigenvalue weighted by molar-refractivity contribution is -0.137. The van der Waals surface area contributed by atoms with Crippen molar-refractivity contribution in [2.45, 2.75) is 39.7 Å². The van der Waals surface area contributed by atoms with E-state index in [0.717, 1.165) is 5.56 Å². The average molecular weight is 449 g/mol. The van der Waals surface area contributed by atoms with Gasteiger partial charge in [-0.05, 0) is 51.0 Å². The van der Waals surface area contributed by atoms with Crippen LogP contribution in [0, 0.1) is 5.92 Å². The van der Waals surface area contributed by atoms with E-state index >= 15 is 0 Å². The second-order valence-corrected chi connectivity index (χ2v) is 7.50. The van der Waals surface area contributed by atoms with Gasteiger partial charge in [-0.1, -0.05) is 24.6 Å². The van der Waals surface area contributed by atoms with Gasteiger partial charge in [0.1, 0.15) is 12.4 Å². The lowest BCUT2D eigenvalue weighted by atomic mass is 9.95. The highest BCUT2D eigenvalue weighted by molar-refractivity contribution is 6.30. The summed E-state index contributed by atoms with van der Waals surface area (Å²) in [4.78, 5) is 37.0. The van der Waals surface area contributed by atoms with Gasteiger partial charge in [0.15, 0.2) is 0 Å². The zero-order valence-electron chi connectivity index (χ0n) is 18.1. The van der Waals surface area contributed by atoms with Crippen LogP contribution in [0.4, 0.5) is 0 Å². The molecule has 2 amide bonds. The molecule has 2 atom stereocenters. The van der Waals surface area contributed by atoms with Gasteiger partial charge in [0.25, 0.3) is 5.91 Å². The van der Waals surface area contributed by atoms with Crippen LogP contribution in [0.3, 0.4) is 0 Å². The first-order valence-corrected chi connectivity index (χ1v) is 10.8. The number of halogens is 1. The number of benzene rings is 1. The summed E-state index contributed by atoms with van der Waals surface area (Å²) in [6.45, 7) is 6.37. The summed E-state index contributed by atoms with van der Waals surface area (Å²) >= 11 is 6.04. The number of carbonyl (C=O) groups is 3. The van der Waals surface area contributed by atoms with Crippen molar-refractivity contribution < 1.29 is 23.9 Å². The third-order valence-electron chi connectivity index (χ3n) is 4.80. The van der Waals surface area contributed by atoms with Crippen LogP contribution in [-0.4, -0.2) is 43.6 Å². The summed E-state index contributed by atoms with van der Waals surface area (Å²) in [5, 5.41) is 6.25. The summed E-state index contributed by atoms with van der Waals surface area (Å²) in [7, 11) is 0. The first kappa shape index (κ1) is 24.5. The Morgan fingerprint density at radius 3 is 2.71 bits per heavy atom. The Morgan fingerprint density at radius 1 is 1.26 bits per heavy atom. The Labute approximate surface area is 187 Å². The highest BCUT2D eigenvalue weighted by Gasteiger charge is 2.24. The standard InChI is InChI=1S/C23H29ClN2O5/c1-4-15(22(28)25-5-2)13-19(8-10-21(27)30-6-3)26-23(29)17-11-16-12-18(24)7-9-20(16)31-14-17/h7-12,15,19H,4-6,13-14H2,1-3H3,(H,25,28)(H,26,29)/b10-8+. The van der Waals surface area contributed by atoms with E-state index in [0.29, 0.717) is 35.7 Å². The van der Waals surface area contributed by atoms with E-state index in [9.17, 15) is 14.4 Å². The zero-order chi connectivity index (χ0) is 22.8. The number of esters is 1. The number of rotatable bonds is 10. The first-order valence-electron chi connectivity index (χ1n) is 10.4. The molecule has 0 saturated heterocycles. The van der Waals surface area contributed by atoms with E-state index in [-0.39, 0.29) is 30.9 Å². The van der Waals surface area contributed by atoms with Gasteiger partial charge in [-0.25, -0.2) is 4.79 Å². The van der Waals surface area contributed by atoms with Crippen LogP contribution in [0.2, 0.25) is 5.02 Å². The summed E-state index contributed by atoms with van der Waals surface area (Å²) < 4.78 is 10.6. The molecule has 0 saturated carbocycles. The molecule has 8 heteroatoms. The first-order chi connectivity index (χ1) is 14.9. The molecule has 0 radical (unpaired) electrons. The van der Waals surface area contributed by atoms with Gasteiger partial charge < -0.3 is 20.1 Å². The predicted molar refractivity (Wildman–Crippen MR) is 120 cm³/mol. The van der Waals surface area contributed by atoms with Crippen LogP contribution in [-0.2, 0) is 19.1 Å². The quantitative estimate of drug-likeness (QED) is 0.423. The molecule has 31 heavy (non-hydrogen) atoms. The smallest absolute Gasteiger partial charge is 0.330 e. The fraction of sp³-hybridized carbons (Fsp3) is 0.435. The SMILES string of the molecule is CCNC(=O)C(CC)CC(/C=C/C(=O)OCC)NC(=O)C1=Cc2cc(Cl)ccc2OC1. The molecule has 0 aromatic heterocycles. The molecule has 1 aliphatic rings. The Bertz CT molecular complexity index is 866. The molecule has 1 heterocycles. The molecule has 2 N–H and O–H groups in total. The van der Waals surface area contributed by atoms with Crippen LogP contribution >= 0.6 is 11.6 Å². The Morgan fingerprint density at radius 2 is 2.03 bits per heavy atom. The van der Waals surface area contributed by atoms with E-state index in [1.165, 1.54) is 6.08 Å². The number of hydrogen-bond donors (Lipinski definition) is 2. The van der Waals surface area contributed by atoms with Crippen molar-refractivity contribution in [1.82, 2.24) is 10.6 Å². The molecule has 0 spiro atoms. The van der Waals surface area contributed by atoms with Crippen LogP contribution < -0.4 is 15.4 Å². The van der Waals surface area contributed by atoms with Crippen LogP contribution in [0.1, 0.15) is 39.2 Å². The molecule has 1 aromatic carbocycles. The van der Waals surface area contributed by atoms with Crippen LogP contribution in [0.25, 0.3) is 6.08 Å².